The van der Waals surface area contributed by atoms with Crippen molar-refractivity contribution in [3.63, 3.8) is 0 Å². The highest BCUT2D eigenvalue weighted by Gasteiger charge is 2.29. The molecule has 0 aliphatic heterocycles. The molecule has 1 saturated carbocycles. The molecule has 2 N–H and O–H groups in total. The lowest BCUT2D eigenvalue weighted by Gasteiger charge is -2.16. The van der Waals surface area contributed by atoms with Gasteiger partial charge in [-0.05, 0) is 64.7 Å². The Morgan fingerprint density at radius 2 is 1.79 bits per heavy atom. The quantitative estimate of drug-likeness (QED) is 0.387. The normalized spacial score (nSPS) is 15.1. The molecule has 4 aromatic rings. The number of aromatic nitrogens is 6. The van der Waals surface area contributed by atoms with Crippen molar-refractivity contribution in [2.75, 3.05) is 10.6 Å². The summed E-state index contributed by atoms with van der Waals surface area (Å²) in [7, 11) is -3.85. The molecule has 1 aliphatic rings. The van der Waals surface area contributed by atoms with Crippen LogP contribution < -0.4 is 10.6 Å². The third-order valence-electron chi connectivity index (χ3n) is 6.06. The second kappa shape index (κ2) is 8.39. The minimum atomic E-state index is -3.85. The van der Waals surface area contributed by atoms with E-state index in [4.69, 9.17) is 0 Å². The summed E-state index contributed by atoms with van der Waals surface area (Å²) in [4.78, 5) is 9.43. The molecule has 11 heteroatoms. The zero-order valence-electron chi connectivity index (χ0n) is 19.6. The fraction of sp³-hybridized carbons (Fsp3) is 0.391. The maximum absolute atomic E-state index is 13.5. The van der Waals surface area contributed by atoms with Gasteiger partial charge in [-0.1, -0.05) is 22.9 Å². The molecule has 178 valence electrons. The minimum absolute atomic E-state index is 0.153. The average molecular weight is 481 g/mol. The number of benzene rings is 1. The van der Waals surface area contributed by atoms with Crippen LogP contribution in [0.25, 0.3) is 11.0 Å². The van der Waals surface area contributed by atoms with Crippen LogP contribution in [0.2, 0.25) is 0 Å². The molecule has 0 saturated heterocycles. The number of hydrogen-bond donors (Lipinski definition) is 2. The smallest absolute Gasteiger partial charge is 0.269 e. The number of hydrogen-bond acceptors (Lipinski definition) is 8. The highest BCUT2D eigenvalue weighted by atomic mass is 32.2. The first-order valence-electron chi connectivity index (χ1n) is 11.4. The average Bonchev–Trinajstić information content (AvgIpc) is 3.38. The monoisotopic (exact) mass is 480 g/mol. The van der Waals surface area contributed by atoms with Crippen molar-refractivity contribution in [2.24, 2.45) is 5.92 Å². The number of anilines is 3. The molecule has 1 atom stereocenters. The largest absolute Gasteiger partial charge is 0.367 e. The van der Waals surface area contributed by atoms with Crippen LogP contribution in [0.1, 0.15) is 45.2 Å². The number of aryl methyl sites for hydroxylation is 1. The fourth-order valence-electron chi connectivity index (χ4n) is 3.81. The van der Waals surface area contributed by atoms with Gasteiger partial charge in [-0.15, -0.1) is 5.10 Å². The zero-order chi connectivity index (χ0) is 24.0. The molecule has 1 fully saturated rings. The summed E-state index contributed by atoms with van der Waals surface area (Å²) < 4.78 is 29.8. The molecule has 1 aromatic carbocycles. The van der Waals surface area contributed by atoms with E-state index in [1.165, 1.54) is 23.0 Å². The maximum Gasteiger partial charge on any atom is 0.269 e. The molecule has 0 spiro atoms. The van der Waals surface area contributed by atoms with Crippen LogP contribution in [0.5, 0.6) is 0 Å². The lowest BCUT2D eigenvalue weighted by molar-refractivity contribution is 0.514. The predicted octanol–water partition coefficient (Wildman–Crippen LogP) is 4.10. The van der Waals surface area contributed by atoms with E-state index in [2.05, 4.69) is 37.8 Å². The van der Waals surface area contributed by atoms with Gasteiger partial charge in [-0.3, -0.25) is 0 Å². The van der Waals surface area contributed by atoms with Gasteiger partial charge >= 0.3 is 0 Å². The van der Waals surface area contributed by atoms with Crippen molar-refractivity contribution in [1.82, 2.24) is 28.9 Å². The molecule has 10 nitrogen and oxygen atoms in total. The number of fused-ring (bicyclic) bond motifs is 1. The van der Waals surface area contributed by atoms with Gasteiger partial charge < -0.3 is 10.6 Å². The summed E-state index contributed by atoms with van der Waals surface area (Å²) in [6.07, 6.45) is 5.64. The second-order valence-electron chi connectivity index (χ2n) is 9.14. The van der Waals surface area contributed by atoms with Crippen LogP contribution in [0.3, 0.4) is 0 Å². The molecule has 0 radical (unpaired) electrons. The van der Waals surface area contributed by atoms with E-state index < -0.39 is 10.0 Å². The molecule has 0 unspecified atom stereocenters. The Morgan fingerprint density at radius 3 is 2.44 bits per heavy atom. The SMILES string of the molecule is Cc1ccc(S(=O)(=O)n2ccc3c(N[C@@H](C)C4CC4)nc(Nc4cn(C(C)C)nn4)nc32)cc1. The van der Waals surface area contributed by atoms with E-state index in [9.17, 15) is 8.42 Å². The van der Waals surface area contributed by atoms with Crippen LogP contribution in [0, 0.1) is 12.8 Å². The van der Waals surface area contributed by atoms with E-state index in [0.29, 0.717) is 28.6 Å². The fourth-order valence-corrected chi connectivity index (χ4v) is 5.10. The molecular weight excluding hydrogens is 452 g/mol. The first-order chi connectivity index (χ1) is 16.2. The summed E-state index contributed by atoms with van der Waals surface area (Å²) in [6.45, 7) is 8.05. The summed E-state index contributed by atoms with van der Waals surface area (Å²) >= 11 is 0. The van der Waals surface area contributed by atoms with E-state index in [0.717, 1.165) is 5.56 Å². The Labute approximate surface area is 198 Å². The first-order valence-corrected chi connectivity index (χ1v) is 12.8. The van der Waals surface area contributed by atoms with Gasteiger partial charge in [0.25, 0.3) is 10.0 Å². The highest BCUT2D eigenvalue weighted by Crippen LogP contribution is 2.35. The predicted molar refractivity (Wildman–Crippen MR) is 131 cm³/mol. The van der Waals surface area contributed by atoms with Gasteiger partial charge in [0.15, 0.2) is 11.5 Å². The van der Waals surface area contributed by atoms with E-state index in [1.807, 2.05) is 20.8 Å². The third-order valence-corrected chi connectivity index (χ3v) is 7.74. The number of rotatable bonds is 8. The summed E-state index contributed by atoms with van der Waals surface area (Å²) in [6, 6.07) is 8.88. The van der Waals surface area contributed by atoms with Crippen molar-refractivity contribution in [1.29, 1.82) is 0 Å². The van der Waals surface area contributed by atoms with Crippen LogP contribution in [0.4, 0.5) is 17.6 Å². The van der Waals surface area contributed by atoms with Crippen LogP contribution in [-0.4, -0.2) is 43.4 Å². The highest BCUT2D eigenvalue weighted by molar-refractivity contribution is 7.90. The molecular formula is C23H28N8O2S. The van der Waals surface area contributed by atoms with Gasteiger partial charge in [0.05, 0.1) is 16.5 Å². The van der Waals surface area contributed by atoms with Crippen LogP contribution in [-0.2, 0) is 10.0 Å². The first kappa shape index (κ1) is 22.3. The Kier molecular flexibility index (Phi) is 5.51. The van der Waals surface area contributed by atoms with E-state index >= 15 is 0 Å². The van der Waals surface area contributed by atoms with Gasteiger partial charge in [-0.25, -0.2) is 17.1 Å². The Balaban J connectivity index is 1.59. The summed E-state index contributed by atoms with van der Waals surface area (Å²) in [5.41, 5.74) is 1.28. The van der Waals surface area contributed by atoms with Crippen molar-refractivity contribution >= 4 is 38.6 Å². The lowest BCUT2D eigenvalue weighted by Crippen LogP contribution is -2.19. The van der Waals surface area contributed by atoms with Crippen LogP contribution >= 0.6 is 0 Å². The third kappa shape index (κ3) is 4.23. The standard InChI is InChI=1S/C23H28N8O2S/c1-14(2)30-13-20(28-29-30)25-23-26-21(24-16(4)17-7-8-17)19-11-12-31(22(19)27-23)34(32,33)18-9-5-15(3)6-10-18/h5-6,9-14,16-17H,7-8H2,1-4H3,(H2,24,25,26,27)/t16-/m0/s1. The minimum Gasteiger partial charge on any atom is -0.367 e. The zero-order valence-corrected chi connectivity index (χ0v) is 20.4. The molecule has 5 rings (SSSR count). The molecule has 1 aliphatic carbocycles. The lowest BCUT2D eigenvalue weighted by atomic mass is 10.2. The van der Waals surface area contributed by atoms with E-state index in [1.54, 1.807) is 41.2 Å². The van der Waals surface area contributed by atoms with Crippen LogP contribution in [0.15, 0.2) is 47.6 Å². The topological polar surface area (TPSA) is 120 Å². The van der Waals surface area contributed by atoms with Crippen molar-refractivity contribution in [3.05, 3.63) is 48.3 Å². The Morgan fingerprint density at radius 1 is 1.06 bits per heavy atom. The number of nitrogens with one attached hydrogen (secondary N) is 2. The molecule has 34 heavy (non-hydrogen) atoms. The second-order valence-corrected chi connectivity index (χ2v) is 11.0. The maximum atomic E-state index is 13.5. The summed E-state index contributed by atoms with van der Waals surface area (Å²) in [5, 5.41) is 15.4. The van der Waals surface area contributed by atoms with Crippen molar-refractivity contribution in [3.8, 4) is 0 Å². The summed E-state index contributed by atoms with van der Waals surface area (Å²) in [5.74, 6) is 1.90. The Bertz CT molecular complexity index is 1440. The van der Waals surface area contributed by atoms with Gasteiger partial charge in [0.1, 0.15) is 5.82 Å². The molecule has 0 amide bonds. The molecule has 3 aromatic heterocycles. The van der Waals surface area contributed by atoms with Crippen molar-refractivity contribution < 1.29 is 8.42 Å². The molecule has 0 bridgehead atoms. The Hall–Kier alpha value is -3.47. The number of nitrogens with zero attached hydrogens (tertiary/aromatic N) is 6. The van der Waals surface area contributed by atoms with Gasteiger partial charge in [-0.2, -0.15) is 9.97 Å². The van der Waals surface area contributed by atoms with E-state index in [-0.39, 0.29) is 22.9 Å². The van der Waals surface area contributed by atoms with Crippen molar-refractivity contribution in [2.45, 2.75) is 57.5 Å². The molecule has 3 heterocycles. The van der Waals surface area contributed by atoms with Gasteiger partial charge in [0.2, 0.25) is 5.95 Å². The van der Waals surface area contributed by atoms with Gasteiger partial charge in [0, 0.05) is 18.3 Å².